The fraction of sp³-hybridized carbons (Fsp3) is 0.471. The van der Waals surface area contributed by atoms with Crippen molar-refractivity contribution < 1.29 is 9.53 Å². The van der Waals surface area contributed by atoms with Crippen LogP contribution in [0.5, 0.6) is 5.75 Å². The highest BCUT2D eigenvalue weighted by molar-refractivity contribution is 6.68. The van der Waals surface area contributed by atoms with Gasteiger partial charge in [-0.1, -0.05) is 84.0 Å². The lowest BCUT2D eigenvalue weighted by Gasteiger charge is -2.28. The molecule has 26 heavy (non-hydrogen) atoms. The Labute approximate surface area is 178 Å². The van der Waals surface area contributed by atoms with Gasteiger partial charge in [0.2, 0.25) is 9.70 Å². The van der Waals surface area contributed by atoms with Crippen LogP contribution < -0.4 is 15.4 Å². The topological polar surface area (TPSA) is 50.4 Å². The molecule has 1 fully saturated rings. The molecule has 0 heterocycles. The lowest BCUT2D eigenvalue weighted by atomic mass is 10.1. The molecule has 1 aromatic carbocycles. The van der Waals surface area contributed by atoms with Crippen molar-refractivity contribution in [3.8, 4) is 5.75 Å². The van der Waals surface area contributed by atoms with Gasteiger partial charge in [-0.25, -0.2) is 0 Å². The number of hydrogen-bond donors (Lipinski definition) is 2. The van der Waals surface area contributed by atoms with Gasteiger partial charge in [-0.15, -0.1) is 0 Å². The fourth-order valence-corrected chi connectivity index (χ4v) is 3.58. The van der Waals surface area contributed by atoms with Gasteiger partial charge in [0.25, 0.3) is 0 Å². The van der Waals surface area contributed by atoms with E-state index in [1.165, 1.54) is 7.11 Å². The first-order valence-electron chi connectivity index (χ1n) is 7.78. The molecule has 4 nitrogen and oxygen atoms in total. The molecule has 2 rings (SSSR count). The second-order valence-corrected chi connectivity index (χ2v) is 9.99. The van der Waals surface area contributed by atoms with Crippen molar-refractivity contribution in [1.82, 2.24) is 5.32 Å². The van der Waals surface area contributed by atoms with Gasteiger partial charge in [0.1, 0.15) is 16.4 Å². The fourth-order valence-electron chi connectivity index (χ4n) is 2.98. The summed E-state index contributed by atoms with van der Waals surface area (Å²) >= 11 is 29.7. The van der Waals surface area contributed by atoms with Crippen molar-refractivity contribution in [3.05, 3.63) is 34.8 Å². The summed E-state index contributed by atoms with van der Waals surface area (Å²) in [6.45, 7) is 3.90. The predicted octanol–water partition coefficient (Wildman–Crippen LogP) is 5.51. The van der Waals surface area contributed by atoms with Crippen LogP contribution in [0.3, 0.4) is 0 Å². The quantitative estimate of drug-likeness (QED) is 0.435. The third kappa shape index (κ3) is 5.05. The van der Waals surface area contributed by atoms with Gasteiger partial charge >= 0.3 is 0 Å². The summed E-state index contributed by atoms with van der Waals surface area (Å²) in [5, 5.41) is 5.78. The number of anilines is 1. The second kappa shape index (κ2) is 8.24. The maximum Gasteiger partial charge on any atom is 0.228 e. The number of methoxy groups -OCH3 is 1. The lowest BCUT2D eigenvalue weighted by molar-refractivity contribution is -0.123. The van der Waals surface area contributed by atoms with Crippen LogP contribution in [0.2, 0.25) is 0 Å². The predicted molar refractivity (Wildman–Crippen MR) is 109 cm³/mol. The van der Waals surface area contributed by atoms with E-state index in [0.717, 1.165) is 0 Å². The highest BCUT2D eigenvalue weighted by Gasteiger charge is 2.61. The molecule has 3 atom stereocenters. The molecule has 0 aliphatic heterocycles. The normalized spacial score (nSPS) is 22.2. The molecule has 1 saturated carbocycles. The Hall–Kier alpha value is -0.520. The van der Waals surface area contributed by atoms with Crippen LogP contribution in [0.15, 0.2) is 34.8 Å². The van der Waals surface area contributed by atoms with Gasteiger partial charge in [0.05, 0.1) is 18.7 Å². The first-order chi connectivity index (χ1) is 12.0. The van der Waals surface area contributed by atoms with E-state index in [-0.39, 0.29) is 27.6 Å². The van der Waals surface area contributed by atoms with Crippen molar-refractivity contribution in [2.24, 2.45) is 17.3 Å². The van der Waals surface area contributed by atoms with Gasteiger partial charge in [0.15, 0.2) is 0 Å². The van der Waals surface area contributed by atoms with Crippen LogP contribution in [0.4, 0.5) is 5.69 Å². The van der Waals surface area contributed by atoms with Crippen molar-refractivity contribution in [2.45, 2.75) is 23.8 Å². The standard InChI is InChI=1S/C17H19Cl5N2O2/c1-16(2)9(8-12(18)19)13(16)14(25)24-15(17(20,21)22)23-10-6-4-5-7-11(10)26-3/h4-9,13,15,23H,1-3H3,(H,24,25)/t9-,13+,15-/m0/s1. The zero-order valence-corrected chi connectivity index (χ0v) is 18.1. The molecule has 0 spiro atoms. The van der Waals surface area contributed by atoms with Crippen LogP contribution >= 0.6 is 58.0 Å². The zero-order chi connectivity index (χ0) is 19.7. The summed E-state index contributed by atoms with van der Waals surface area (Å²) < 4.78 is 3.62. The summed E-state index contributed by atoms with van der Waals surface area (Å²) in [6, 6.07) is 7.13. The number of carbonyl (C=O) groups is 1. The van der Waals surface area contributed by atoms with Crippen molar-refractivity contribution in [1.29, 1.82) is 0 Å². The van der Waals surface area contributed by atoms with Gasteiger partial charge in [-0.05, 0) is 29.5 Å². The Morgan fingerprint density at radius 2 is 1.88 bits per heavy atom. The summed E-state index contributed by atoms with van der Waals surface area (Å²) in [6.07, 6.45) is 0.689. The summed E-state index contributed by atoms with van der Waals surface area (Å²) in [5.41, 5.74) is 0.295. The van der Waals surface area contributed by atoms with Crippen molar-refractivity contribution in [3.63, 3.8) is 0 Å². The maximum absolute atomic E-state index is 12.7. The van der Waals surface area contributed by atoms with E-state index >= 15 is 0 Å². The number of allylic oxidation sites excluding steroid dienone is 1. The minimum absolute atomic E-state index is 0.0882. The van der Waals surface area contributed by atoms with Crippen molar-refractivity contribution in [2.75, 3.05) is 12.4 Å². The van der Waals surface area contributed by atoms with E-state index in [2.05, 4.69) is 10.6 Å². The minimum Gasteiger partial charge on any atom is -0.495 e. The van der Waals surface area contributed by atoms with E-state index in [9.17, 15) is 4.79 Å². The molecule has 1 aromatic rings. The first kappa shape index (κ1) is 21.8. The number of halogens is 5. The molecular weight excluding hydrogens is 441 g/mol. The van der Waals surface area contributed by atoms with E-state index in [4.69, 9.17) is 62.7 Å². The number of hydrogen-bond acceptors (Lipinski definition) is 3. The van der Waals surface area contributed by atoms with E-state index in [1.54, 1.807) is 24.3 Å². The van der Waals surface area contributed by atoms with E-state index < -0.39 is 9.96 Å². The third-order valence-electron chi connectivity index (χ3n) is 4.52. The summed E-state index contributed by atoms with van der Waals surface area (Å²) in [5.74, 6) is -0.119. The Morgan fingerprint density at radius 3 is 2.42 bits per heavy atom. The molecule has 1 aliphatic rings. The van der Waals surface area contributed by atoms with Crippen molar-refractivity contribution >= 4 is 69.6 Å². The van der Waals surface area contributed by atoms with Gasteiger partial charge in [-0.2, -0.15) is 0 Å². The minimum atomic E-state index is -1.79. The monoisotopic (exact) mass is 458 g/mol. The molecule has 0 bridgehead atoms. The van der Waals surface area contributed by atoms with Gasteiger partial charge in [-0.3, -0.25) is 4.79 Å². The Morgan fingerprint density at radius 1 is 1.27 bits per heavy atom. The Balaban J connectivity index is 2.17. The van der Waals surface area contributed by atoms with E-state index in [0.29, 0.717) is 11.4 Å². The average molecular weight is 461 g/mol. The molecule has 1 amide bonds. The smallest absolute Gasteiger partial charge is 0.228 e. The number of nitrogens with one attached hydrogen (secondary N) is 2. The number of carbonyl (C=O) groups excluding carboxylic acids is 1. The largest absolute Gasteiger partial charge is 0.495 e. The maximum atomic E-state index is 12.7. The number of amides is 1. The molecule has 0 saturated heterocycles. The number of para-hydroxylation sites is 2. The first-order valence-corrected chi connectivity index (χ1v) is 9.67. The number of ether oxygens (including phenoxy) is 1. The van der Waals surface area contributed by atoms with Gasteiger partial charge < -0.3 is 15.4 Å². The van der Waals surface area contributed by atoms with Crippen LogP contribution in [-0.2, 0) is 4.79 Å². The lowest BCUT2D eigenvalue weighted by Crippen LogP contribution is -2.50. The van der Waals surface area contributed by atoms with Crippen LogP contribution in [-0.4, -0.2) is 23.0 Å². The van der Waals surface area contributed by atoms with Crippen LogP contribution in [0, 0.1) is 17.3 Å². The van der Waals surface area contributed by atoms with Crippen LogP contribution in [0.1, 0.15) is 13.8 Å². The number of alkyl halides is 3. The summed E-state index contributed by atoms with van der Waals surface area (Å²) in [4.78, 5) is 12.7. The SMILES string of the molecule is COc1ccccc1N[C@@H](NC(=O)[C@H]1[C@H](C=C(Cl)Cl)C1(C)C)C(Cl)(Cl)Cl. The Kier molecular flexibility index (Phi) is 6.90. The highest BCUT2D eigenvalue weighted by atomic mass is 35.6. The highest BCUT2D eigenvalue weighted by Crippen LogP contribution is 2.59. The molecule has 0 unspecified atom stereocenters. The van der Waals surface area contributed by atoms with Gasteiger partial charge in [0, 0.05) is 0 Å². The molecule has 1 aliphatic carbocycles. The average Bonchev–Trinajstić information content (AvgIpc) is 3.05. The molecular formula is C17H19Cl5N2O2. The molecule has 0 aromatic heterocycles. The summed E-state index contributed by atoms with van der Waals surface area (Å²) in [7, 11) is 1.53. The molecule has 144 valence electrons. The molecule has 2 N–H and O–H groups in total. The second-order valence-electron chi connectivity index (χ2n) is 6.61. The molecule has 9 heteroatoms. The Bertz CT molecular complexity index is 699. The van der Waals surface area contributed by atoms with Crippen LogP contribution in [0.25, 0.3) is 0 Å². The zero-order valence-electron chi connectivity index (χ0n) is 14.3. The van der Waals surface area contributed by atoms with E-state index in [1.807, 2.05) is 19.9 Å². The molecule has 0 radical (unpaired) electrons. The number of benzene rings is 1. The third-order valence-corrected chi connectivity index (χ3v) is 5.43. The number of rotatable bonds is 6.